The monoisotopic (exact) mass is 359 g/mol. The van der Waals surface area contributed by atoms with Gasteiger partial charge in [-0.15, -0.1) is 0 Å². The van der Waals surface area contributed by atoms with Crippen molar-refractivity contribution < 1.29 is 19.1 Å². The summed E-state index contributed by atoms with van der Waals surface area (Å²) in [5, 5.41) is 14.1. The number of esters is 1. The highest BCUT2D eigenvalue weighted by molar-refractivity contribution is 5.90. The molecular weight excluding hydrogens is 334 g/mol. The number of carbonyl (C=O) groups is 3. The molecule has 0 aliphatic heterocycles. The number of carbonyl (C=O) groups excluding carboxylic acids is 3. The molecule has 2 atom stereocenters. The zero-order chi connectivity index (χ0) is 19.7. The Morgan fingerprint density at radius 1 is 1.12 bits per heavy atom. The molecule has 140 valence electrons. The van der Waals surface area contributed by atoms with Crippen LogP contribution >= 0.6 is 0 Å². The summed E-state index contributed by atoms with van der Waals surface area (Å²) in [6.07, 6.45) is 0.675. The molecule has 0 saturated carbocycles. The largest absolute Gasteiger partial charge is 0.467 e. The van der Waals surface area contributed by atoms with Gasteiger partial charge in [-0.25, -0.2) is 4.79 Å². The number of hydrogen-bond acceptors (Lipinski definition) is 5. The zero-order valence-corrected chi connectivity index (χ0v) is 15.5. The fourth-order valence-corrected chi connectivity index (χ4v) is 2.51. The van der Waals surface area contributed by atoms with E-state index < -0.39 is 24.0 Å². The molecule has 1 aromatic rings. The van der Waals surface area contributed by atoms with Crippen LogP contribution in [0.4, 0.5) is 0 Å². The normalized spacial score (nSPS) is 12.6. The van der Waals surface area contributed by atoms with E-state index in [-0.39, 0.29) is 18.2 Å². The van der Waals surface area contributed by atoms with Crippen LogP contribution in [0.3, 0.4) is 0 Å². The molecular formula is C19H25N3O4. The summed E-state index contributed by atoms with van der Waals surface area (Å²) in [6.45, 7) is 5.22. The number of methoxy groups -OCH3 is 1. The van der Waals surface area contributed by atoms with Crippen molar-refractivity contribution in [2.24, 2.45) is 5.92 Å². The van der Waals surface area contributed by atoms with Gasteiger partial charge in [0.05, 0.1) is 18.7 Å². The SMILES string of the molecule is COC(=O)[C@@H](Cc1ccc(C#N)cc1)NC(=O)[C@H](CC(C)C)NC(C)=O. The Morgan fingerprint density at radius 3 is 2.19 bits per heavy atom. The van der Waals surface area contributed by atoms with Gasteiger partial charge in [-0.1, -0.05) is 26.0 Å². The lowest BCUT2D eigenvalue weighted by molar-refractivity contribution is -0.145. The molecule has 26 heavy (non-hydrogen) atoms. The third-order valence-corrected chi connectivity index (χ3v) is 3.73. The van der Waals surface area contributed by atoms with Crippen LogP contribution in [0.15, 0.2) is 24.3 Å². The Labute approximate surface area is 153 Å². The van der Waals surface area contributed by atoms with Gasteiger partial charge < -0.3 is 15.4 Å². The topological polar surface area (TPSA) is 108 Å². The third kappa shape index (κ3) is 6.93. The van der Waals surface area contributed by atoms with Gasteiger partial charge in [-0.05, 0) is 30.0 Å². The van der Waals surface area contributed by atoms with Crippen LogP contribution in [0, 0.1) is 17.2 Å². The van der Waals surface area contributed by atoms with E-state index in [9.17, 15) is 14.4 Å². The second-order valence-corrected chi connectivity index (χ2v) is 6.48. The van der Waals surface area contributed by atoms with Crippen LogP contribution < -0.4 is 10.6 Å². The molecule has 0 heterocycles. The van der Waals surface area contributed by atoms with Crippen molar-refractivity contribution in [1.82, 2.24) is 10.6 Å². The average Bonchev–Trinajstić information content (AvgIpc) is 2.59. The van der Waals surface area contributed by atoms with Crippen LogP contribution in [-0.2, 0) is 25.5 Å². The molecule has 0 unspecified atom stereocenters. The minimum atomic E-state index is -0.885. The van der Waals surface area contributed by atoms with Crippen molar-refractivity contribution in [2.45, 2.75) is 45.7 Å². The smallest absolute Gasteiger partial charge is 0.328 e. The Balaban J connectivity index is 2.90. The lowest BCUT2D eigenvalue weighted by atomic mass is 10.0. The Hall–Kier alpha value is -2.88. The number of benzene rings is 1. The molecule has 0 spiro atoms. The van der Waals surface area contributed by atoms with Crippen molar-refractivity contribution in [3.63, 3.8) is 0 Å². The molecule has 0 bridgehead atoms. The highest BCUT2D eigenvalue weighted by Crippen LogP contribution is 2.09. The maximum absolute atomic E-state index is 12.6. The van der Waals surface area contributed by atoms with Crippen LogP contribution in [0.2, 0.25) is 0 Å². The molecule has 1 aromatic carbocycles. The van der Waals surface area contributed by atoms with Crippen molar-refractivity contribution in [2.75, 3.05) is 7.11 Å². The van der Waals surface area contributed by atoms with Crippen molar-refractivity contribution in [1.29, 1.82) is 5.26 Å². The molecule has 0 aliphatic rings. The number of nitrogens with one attached hydrogen (secondary N) is 2. The van der Waals surface area contributed by atoms with Crippen LogP contribution in [0.1, 0.15) is 38.3 Å². The predicted octanol–water partition coefficient (Wildman–Crippen LogP) is 1.31. The zero-order valence-electron chi connectivity index (χ0n) is 15.5. The fourth-order valence-electron chi connectivity index (χ4n) is 2.51. The highest BCUT2D eigenvalue weighted by Gasteiger charge is 2.27. The summed E-state index contributed by atoms with van der Waals surface area (Å²) in [5.74, 6) is -1.13. The van der Waals surface area contributed by atoms with Crippen LogP contribution in [0.5, 0.6) is 0 Å². The van der Waals surface area contributed by atoms with Crippen molar-refractivity contribution >= 4 is 17.8 Å². The Morgan fingerprint density at radius 2 is 1.73 bits per heavy atom. The number of hydrogen-bond donors (Lipinski definition) is 2. The maximum atomic E-state index is 12.6. The lowest BCUT2D eigenvalue weighted by Gasteiger charge is -2.23. The summed E-state index contributed by atoms with van der Waals surface area (Å²) in [6, 6.07) is 7.15. The van der Waals surface area contributed by atoms with Crippen LogP contribution in [0.25, 0.3) is 0 Å². The van der Waals surface area contributed by atoms with Gasteiger partial charge in [0, 0.05) is 13.3 Å². The molecule has 2 N–H and O–H groups in total. The summed E-state index contributed by atoms with van der Waals surface area (Å²) >= 11 is 0. The molecule has 7 nitrogen and oxygen atoms in total. The van der Waals surface area contributed by atoms with Crippen molar-refractivity contribution in [3.8, 4) is 6.07 Å². The van der Waals surface area contributed by atoms with Crippen LogP contribution in [-0.4, -0.2) is 37.0 Å². The van der Waals surface area contributed by atoms with Gasteiger partial charge in [0.15, 0.2) is 0 Å². The molecule has 7 heteroatoms. The summed E-state index contributed by atoms with van der Waals surface area (Å²) in [5.41, 5.74) is 1.29. The van der Waals surface area contributed by atoms with E-state index in [0.717, 1.165) is 5.56 Å². The van der Waals surface area contributed by atoms with Gasteiger partial charge in [0.2, 0.25) is 11.8 Å². The molecule has 1 rings (SSSR count). The summed E-state index contributed by atoms with van der Waals surface area (Å²) in [7, 11) is 1.25. The fraction of sp³-hybridized carbons (Fsp3) is 0.474. The first-order chi connectivity index (χ1) is 12.3. The molecule has 0 fully saturated rings. The highest BCUT2D eigenvalue weighted by atomic mass is 16.5. The van der Waals surface area contributed by atoms with Gasteiger partial charge in [-0.3, -0.25) is 9.59 Å². The number of amides is 2. The van der Waals surface area contributed by atoms with Crippen molar-refractivity contribution in [3.05, 3.63) is 35.4 Å². The molecule has 2 amide bonds. The van der Waals surface area contributed by atoms with Gasteiger partial charge in [0.1, 0.15) is 12.1 Å². The van der Waals surface area contributed by atoms with E-state index in [1.165, 1.54) is 14.0 Å². The molecule has 0 radical (unpaired) electrons. The minimum absolute atomic E-state index is 0.188. The summed E-state index contributed by atoms with van der Waals surface area (Å²) < 4.78 is 4.78. The first kappa shape index (κ1) is 21.2. The minimum Gasteiger partial charge on any atom is -0.467 e. The molecule has 0 aromatic heterocycles. The second-order valence-electron chi connectivity index (χ2n) is 6.48. The van der Waals surface area contributed by atoms with E-state index in [4.69, 9.17) is 10.00 Å². The number of rotatable bonds is 8. The van der Waals surface area contributed by atoms with Gasteiger partial charge >= 0.3 is 5.97 Å². The van der Waals surface area contributed by atoms with E-state index in [2.05, 4.69) is 10.6 Å². The maximum Gasteiger partial charge on any atom is 0.328 e. The first-order valence-corrected chi connectivity index (χ1v) is 8.41. The molecule has 0 aliphatic carbocycles. The van der Waals surface area contributed by atoms with Gasteiger partial charge in [-0.2, -0.15) is 5.26 Å². The Bertz CT molecular complexity index is 677. The van der Waals surface area contributed by atoms with E-state index in [1.54, 1.807) is 24.3 Å². The van der Waals surface area contributed by atoms with E-state index in [0.29, 0.717) is 12.0 Å². The van der Waals surface area contributed by atoms with Gasteiger partial charge in [0.25, 0.3) is 0 Å². The quantitative estimate of drug-likeness (QED) is 0.680. The average molecular weight is 359 g/mol. The predicted molar refractivity (Wildman–Crippen MR) is 95.9 cm³/mol. The van der Waals surface area contributed by atoms with E-state index >= 15 is 0 Å². The number of nitrogens with zero attached hydrogens (tertiary/aromatic N) is 1. The van der Waals surface area contributed by atoms with E-state index in [1.807, 2.05) is 19.9 Å². The standard InChI is InChI=1S/C19H25N3O4/c1-12(2)9-16(21-13(3)23)18(24)22-17(19(25)26-4)10-14-5-7-15(11-20)8-6-14/h5-8,12,16-17H,9-10H2,1-4H3,(H,21,23)(H,22,24)/t16-,17+/m0/s1. The number of nitriles is 1. The number of ether oxygens (including phenoxy) is 1. The molecule has 0 saturated heterocycles. The lowest BCUT2D eigenvalue weighted by Crippen LogP contribution is -2.52. The Kier molecular flexibility index (Phi) is 8.29. The third-order valence-electron chi connectivity index (χ3n) is 3.73. The second kappa shape index (κ2) is 10.2. The first-order valence-electron chi connectivity index (χ1n) is 8.41. The summed E-state index contributed by atoms with van der Waals surface area (Å²) in [4.78, 5) is 36.0.